The summed E-state index contributed by atoms with van der Waals surface area (Å²) in [7, 11) is -4.24. The number of rotatable bonds is 4. The Labute approximate surface area is 84.4 Å². The van der Waals surface area contributed by atoms with Gasteiger partial charge in [-0.25, -0.2) is 4.57 Å². The Balaban J connectivity index is 3.05. The Kier molecular flexibility index (Phi) is 3.38. The van der Waals surface area contributed by atoms with Crippen LogP contribution in [-0.4, -0.2) is 9.82 Å². The summed E-state index contributed by atoms with van der Waals surface area (Å²) in [6.07, 6.45) is 0. The molecule has 0 saturated heterocycles. The van der Waals surface area contributed by atoms with E-state index in [0.29, 0.717) is 0 Å². The number of para-hydroxylation sites is 2. The second kappa shape index (κ2) is 4.37. The fourth-order valence-corrected chi connectivity index (χ4v) is 1.32. The quantitative estimate of drug-likeness (QED) is 0.299. The van der Waals surface area contributed by atoms with Gasteiger partial charge in [0.15, 0.2) is 0 Å². The molecule has 0 radical (unpaired) electrons. The van der Waals surface area contributed by atoms with Crippen molar-refractivity contribution in [1.29, 1.82) is 0 Å². The predicted molar refractivity (Wildman–Crippen MR) is 50.9 cm³/mol. The average Bonchev–Trinajstić information content (AvgIpc) is 2.18. The summed E-state index contributed by atoms with van der Waals surface area (Å²) in [6.45, 7) is 0. The van der Waals surface area contributed by atoms with Crippen LogP contribution in [0.5, 0.6) is 5.75 Å². The lowest BCUT2D eigenvalue weighted by atomic mass is 10.3. The van der Waals surface area contributed by atoms with Crippen LogP contribution in [0.3, 0.4) is 0 Å². The number of hydrazine groups is 1. The van der Waals surface area contributed by atoms with E-state index in [0.717, 1.165) is 6.07 Å². The highest BCUT2D eigenvalue weighted by atomic mass is 31.2. The van der Waals surface area contributed by atoms with Crippen molar-refractivity contribution in [3.63, 3.8) is 0 Å². The van der Waals surface area contributed by atoms with Crippen LogP contribution in [0.15, 0.2) is 24.3 Å². The van der Waals surface area contributed by atoms with Crippen LogP contribution in [0.4, 0.5) is 5.69 Å². The van der Waals surface area contributed by atoms with Crippen molar-refractivity contribution in [2.24, 2.45) is 5.84 Å². The highest BCUT2D eigenvalue weighted by Crippen LogP contribution is 2.40. The minimum atomic E-state index is -4.24. The minimum Gasteiger partial charge on any atom is -0.405 e. The topological polar surface area (TPSA) is 128 Å². The van der Waals surface area contributed by atoms with Gasteiger partial charge < -0.3 is 9.42 Å². The summed E-state index contributed by atoms with van der Waals surface area (Å²) < 4.78 is 15.5. The van der Waals surface area contributed by atoms with Crippen LogP contribution in [0.25, 0.3) is 0 Å². The molecule has 1 unspecified atom stereocenters. The Hall–Kier alpha value is -1.47. The van der Waals surface area contributed by atoms with Gasteiger partial charge in [0.1, 0.15) is 0 Å². The molecule has 4 N–H and O–H groups in total. The molecule has 1 atom stereocenters. The van der Waals surface area contributed by atoms with E-state index in [1.54, 1.807) is 0 Å². The van der Waals surface area contributed by atoms with E-state index in [-0.39, 0.29) is 5.75 Å². The Morgan fingerprint density at radius 1 is 1.53 bits per heavy atom. The lowest BCUT2D eigenvalue weighted by Gasteiger charge is -2.10. The largest absolute Gasteiger partial charge is 0.469 e. The van der Waals surface area contributed by atoms with Crippen molar-refractivity contribution < 1.29 is 18.9 Å². The van der Waals surface area contributed by atoms with E-state index in [9.17, 15) is 14.7 Å². The van der Waals surface area contributed by atoms with Crippen molar-refractivity contribution in [3.05, 3.63) is 34.4 Å². The fourth-order valence-electron chi connectivity index (χ4n) is 0.845. The molecule has 0 bridgehead atoms. The molecule has 0 aliphatic heterocycles. The normalized spacial score (nSPS) is 14.3. The number of benzene rings is 1. The van der Waals surface area contributed by atoms with Crippen molar-refractivity contribution in [2.45, 2.75) is 0 Å². The molecule has 0 heterocycles. The van der Waals surface area contributed by atoms with Gasteiger partial charge in [-0.3, -0.25) is 16.0 Å². The molecular formula is C6H8N3O5P. The van der Waals surface area contributed by atoms with Gasteiger partial charge in [-0.1, -0.05) is 12.1 Å². The third kappa shape index (κ3) is 3.00. The fraction of sp³-hybridized carbons (Fsp3) is 0. The van der Waals surface area contributed by atoms with Gasteiger partial charge in [0.2, 0.25) is 5.75 Å². The molecule has 15 heavy (non-hydrogen) atoms. The first-order chi connectivity index (χ1) is 6.96. The van der Waals surface area contributed by atoms with Crippen LogP contribution in [0.1, 0.15) is 0 Å². The number of nitrogens with one attached hydrogen (secondary N) is 1. The molecule has 0 spiro atoms. The maximum Gasteiger partial charge on any atom is 0.469 e. The van der Waals surface area contributed by atoms with Gasteiger partial charge in [-0.15, -0.1) is 0 Å². The van der Waals surface area contributed by atoms with Crippen LogP contribution < -0.4 is 15.6 Å². The minimum absolute atomic E-state index is 0.328. The molecule has 0 aliphatic carbocycles. The smallest absolute Gasteiger partial charge is 0.405 e. The molecule has 1 rings (SSSR count). The van der Waals surface area contributed by atoms with E-state index in [4.69, 9.17) is 10.7 Å². The summed E-state index contributed by atoms with van der Waals surface area (Å²) >= 11 is 0. The average molecular weight is 233 g/mol. The van der Waals surface area contributed by atoms with Crippen molar-refractivity contribution in [3.8, 4) is 5.75 Å². The first-order valence-corrected chi connectivity index (χ1v) is 5.28. The van der Waals surface area contributed by atoms with Crippen molar-refractivity contribution in [1.82, 2.24) is 5.20 Å². The molecule has 1 aromatic rings. The zero-order chi connectivity index (χ0) is 11.5. The summed E-state index contributed by atoms with van der Waals surface area (Å²) in [5, 5.41) is 12.0. The number of nitro groups is 1. The van der Waals surface area contributed by atoms with Gasteiger partial charge in [-0.05, 0) is 6.07 Å². The van der Waals surface area contributed by atoms with Gasteiger partial charge in [-0.2, -0.15) is 5.20 Å². The maximum absolute atomic E-state index is 11.0. The van der Waals surface area contributed by atoms with Gasteiger partial charge in [0.25, 0.3) is 0 Å². The second-order valence-electron chi connectivity index (χ2n) is 2.47. The zero-order valence-corrected chi connectivity index (χ0v) is 8.26. The van der Waals surface area contributed by atoms with Gasteiger partial charge >= 0.3 is 13.4 Å². The third-order valence-corrected chi connectivity index (χ3v) is 2.22. The number of hydrogen-bond donors (Lipinski definition) is 3. The summed E-state index contributed by atoms with van der Waals surface area (Å²) in [6, 6.07) is 5.17. The summed E-state index contributed by atoms with van der Waals surface area (Å²) in [5.74, 6) is 4.39. The first-order valence-electron chi connectivity index (χ1n) is 3.70. The van der Waals surface area contributed by atoms with Crippen molar-refractivity contribution in [2.75, 3.05) is 0 Å². The van der Waals surface area contributed by atoms with Gasteiger partial charge in [0.05, 0.1) is 4.92 Å². The highest BCUT2D eigenvalue weighted by Gasteiger charge is 2.24. The van der Waals surface area contributed by atoms with Crippen molar-refractivity contribution >= 4 is 13.4 Å². The molecule has 1 aromatic carbocycles. The molecule has 0 aliphatic rings. The van der Waals surface area contributed by atoms with Crippen LogP contribution in [-0.2, 0) is 4.57 Å². The molecule has 0 saturated carbocycles. The Morgan fingerprint density at radius 3 is 2.67 bits per heavy atom. The molecular weight excluding hydrogens is 225 g/mol. The van der Waals surface area contributed by atoms with Crippen LogP contribution in [0, 0.1) is 10.1 Å². The van der Waals surface area contributed by atoms with Crippen LogP contribution >= 0.6 is 7.75 Å². The van der Waals surface area contributed by atoms with E-state index >= 15 is 0 Å². The van der Waals surface area contributed by atoms with E-state index in [1.807, 2.05) is 0 Å². The lowest BCUT2D eigenvalue weighted by Crippen LogP contribution is -2.21. The molecule has 9 heteroatoms. The number of nitrogens with two attached hydrogens (primary N) is 1. The zero-order valence-electron chi connectivity index (χ0n) is 7.36. The monoisotopic (exact) mass is 233 g/mol. The molecule has 0 amide bonds. The highest BCUT2D eigenvalue weighted by molar-refractivity contribution is 7.50. The van der Waals surface area contributed by atoms with E-state index in [1.165, 1.54) is 23.4 Å². The van der Waals surface area contributed by atoms with Crippen LogP contribution in [0.2, 0.25) is 0 Å². The van der Waals surface area contributed by atoms with Gasteiger partial charge in [0, 0.05) is 6.07 Å². The number of nitrogens with zero attached hydrogens (tertiary/aromatic N) is 1. The third-order valence-electron chi connectivity index (χ3n) is 1.45. The van der Waals surface area contributed by atoms with E-state index in [2.05, 4.69) is 4.52 Å². The Morgan fingerprint density at radius 2 is 2.13 bits per heavy atom. The SMILES string of the molecule is NNP(=O)(O)Oc1ccccc1[N+](=O)[O-]. The molecule has 0 fully saturated rings. The summed E-state index contributed by atoms with van der Waals surface area (Å²) in [5.41, 5.74) is -0.415. The molecule has 0 aromatic heterocycles. The number of hydrogen-bond acceptors (Lipinski definition) is 5. The predicted octanol–water partition coefficient (Wildman–Crippen LogP) is 0.537. The molecule has 82 valence electrons. The van der Waals surface area contributed by atoms with E-state index < -0.39 is 18.4 Å². The standard InChI is InChI=1S/C6H8N3O5P/c7-8-15(12,13)14-6-4-2-1-3-5(6)9(10)11/h1-4H,7H2,(H2,8,12,13). The molecule has 8 nitrogen and oxygen atoms in total. The lowest BCUT2D eigenvalue weighted by molar-refractivity contribution is -0.385. The number of nitro benzene ring substituents is 1. The second-order valence-corrected chi connectivity index (χ2v) is 3.95. The Bertz CT molecular complexity index is 423. The summed E-state index contributed by atoms with van der Waals surface area (Å²) in [4.78, 5) is 18.7. The first kappa shape index (κ1) is 11.6. The maximum atomic E-state index is 11.0.